The first-order chi connectivity index (χ1) is 18.7. The first-order valence-corrected chi connectivity index (χ1v) is 14.7. The van der Waals surface area contributed by atoms with Crippen LogP contribution in [0.1, 0.15) is 23.4 Å². The quantitative estimate of drug-likeness (QED) is 0.344. The first kappa shape index (κ1) is 27.4. The maximum absolute atomic E-state index is 15.5. The minimum absolute atomic E-state index is 0.0515. The number of sulfonamides is 1. The number of thiazole rings is 1. The lowest BCUT2D eigenvalue weighted by atomic mass is 10.1. The van der Waals surface area contributed by atoms with Gasteiger partial charge >= 0.3 is 0 Å². The van der Waals surface area contributed by atoms with Gasteiger partial charge in [0, 0.05) is 43.9 Å². The van der Waals surface area contributed by atoms with Crippen LogP contribution in [0.3, 0.4) is 0 Å². The van der Waals surface area contributed by atoms with Crippen molar-refractivity contribution in [1.29, 1.82) is 0 Å². The summed E-state index contributed by atoms with van der Waals surface area (Å²) < 4.78 is 68.2. The number of nitrogens with zero attached hydrogens (tertiary/aromatic N) is 3. The Bertz CT molecular complexity index is 1460. The second kappa shape index (κ2) is 11.5. The van der Waals surface area contributed by atoms with Crippen molar-refractivity contribution in [2.75, 3.05) is 36.3 Å². The molecule has 1 aromatic carbocycles. The predicted octanol–water partition coefficient (Wildman–Crippen LogP) is 4.13. The van der Waals surface area contributed by atoms with Gasteiger partial charge < -0.3 is 20.1 Å². The Morgan fingerprint density at radius 2 is 2.13 bits per heavy atom. The fourth-order valence-electron chi connectivity index (χ4n) is 4.41. The summed E-state index contributed by atoms with van der Waals surface area (Å²) in [6.45, 7) is 6.78. The highest BCUT2D eigenvalue weighted by Gasteiger charge is 2.31. The van der Waals surface area contributed by atoms with E-state index in [9.17, 15) is 12.8 Å². The number of halogens is 2. The van der Waals surface area contributed by atoms with Crippen LogP contribution in [-0.4, -0.2) is 67.1 Å². The van der Waals surface area contributed by atoms with E-state index in [4.69, 9.17) is 9.47 Å². The molecule has 4 heterocycles. The van der Waals surface area contributed by atoms with Crippen LogP contribution in [0.4, 0.5) is 20.4 Å². The number of aromatic nitrogens is 3. The van der Waals surface area contributed by atoms with Crippen LogP contribution in [-0.2, 0) is 14.8 Å². The molecule has 0 unspecified atom stereocenters. The van der Waals surface area contributed by atoms with Gasteiger partial charge in [-0.05, 0) is 31.5 Å². The Morgan fingerprint density at radius 3 is 2.87 bits per heavy atom. The molecule has 0 radical (unpaired) electrons. The molecule has 3 N–H and O–H groups in total. The van der Waals surface area contributed by atoms with Crippen LogP contribution in [0.15, 0.2) is 31.0 Å². The molecule has 5 rings (SSSR count). The minimum atomic E-state index is -3.78. The number of rotatable bonds is 9. The third-order valence-corrected chi connectivity index (χ3v) is 9.08. The van der Waals surface area contributed by atoms with E-state index in [1.807, 2.05) is 0 Å². The molecule has 2 fully saturated rings. The molecule has 2 aliphatic heterocycles. The molecular weight excluding hydrogens is 550 g/mol. The van der Waals surface area contributed by atoms with Gasteiger partial charge in [0.05, 0.1) is 23.0 Å². The molecule has 39 heavy (non-hydrogen) atoms. The standard InChI is InChI=1S/C25H28F2N6O4S2/c1-3-18-19(33-39(34,35)17-7-9-36-13-17)4-5-21(22(18)27)37-24-23(38-14(2)30-24)20-6-8-29-25(32-20)31-16-10-15(26)11-28-12-16/h3-6,8,15-17,28,33H,1,7,9-13H2,2H3,(H,29,31,32)/t15-,16-,17+/m0/s1. The van der Waals surface area contributed by atoms with Gasteiger partial charge in [0.1, 0.15) is 16.3 Å². The largest absolute Gasteiger partial charge is 0.434 e. The average molecular weight is 579 g/mol. The summed E-state index contributed by atoms with van der Waals surface area (Å²) in [4.78, 5) is 13.7. The SMILES string of the molecule is C=Cc1c(NS(=O)(=O)[C@@H]2CCOC2)ccc(Oc2nc(C)sc2-c2ccnc(N[C@@H]3CNC[C@@H](F)C3)n2)c1F. The Hall–Kier alpha value is -3.20. The van der Waals surface area contributed by atoms with E-state index in [1.54, 1.807) is 19.2 Å². The molecule has 2 aromatic heterocycles. The van der Waals surface area contributed by atoms with Crippen LogP contribution >= 0.6 is 11.3 Å². The lowest BCUT2D eigenvalue weighted by Crippen LogP contribution is -2.44. The minimum Gasteiger partial charge on any atom is -0.434 e. The number of alkyl halides is 1. The molecule has 10 nitrogen and oxygen atoms in total. The summed E-state index contributed by atoms with van der Waals surface area (Å²) in [5.74, 6) is -0.483. The molecule has 0 bridgehead atoms. The Labute approximate surface area is 228 Å². The molecule has 0 aliphatic carbocycles. The van der Waals surface area contributed by atoms with Gasteiger partial charge in [-0.25, -0.2) is 32.2 Å². The number of nitrogens with one attached hydrogen (secondary N) is 3. The fourth-order valence-corrected chi connectivity index (χ4v) is 6.56. The highest BCUT2D eigenvalue weighted by molar-refractivity contribution is 7.93. The van der Waals surface area contributed by atoms with E-state index in [2.05, 4.69) is 36.9 Å². The van der Waals surface area contributed by atoms with Gasteiger partial charge in [0.25, 0.3) is 0 Å². The maximum Gasteiger partial charge on any atom is 0.240 e. The molecule has 14 heteroatoms. The Kier molecular flexibility index (Phi) is 8.07. The lowest BCUT2D eigenvalue weighted by molar-refractivity contribution is 0.198. The van der Waals surface area contributed by atoms with E-state index in [-0.39, 0.29) is 35.5 Å². The van der Waals surface area contributed by atoms with Gasteiger partial charge in [-0.2, -0.15) is 0 Å². The van der Waals surface area contributed by atoms with E-state index in [0.29, 0.717) is 54.1 Å². The van der Waals surface area contributed by atoms with Gasteiger partial charge in [-0.3, -0.25) is 4.72 Å². The van der Waals surface area contributed by atoms with Crippen molar-refractivity contribution in [3.05, 3.63) is 47.4 Å². The van der Waals surface area contributed by atoms with Crippen LogP contribution in [0, 0.1) is 12.7 Å². The molecule has 3 aromatic rings. The molecule has 0 saturated carbocycles. The Morgan fingerprint density at radius 1 is 1.28 bits per heavy atom. The van der Waals surface area contributed by atoms with Crippen LogP contribution in [0.25, 0.3) is 16.6 Å². The second-order valence-electron chi connectivity index (χ2n) is 9.24. The highest BCUT2D eigenvalue weighted by atomic mass is 32.2. The first-order valence-electron chi connectivity index (χ1n) is 12.4. The van der Waals surface area contributed by atoms with E-state index >= 15 is 4.39 Å². The molecule has 2 aliphatic rings. The topological polar surface area (TPSA) is 127 Å². The second-order valence-corrected chi connectivity index (χ2v) is 12.4. The number of piperidine rings is 1. The summed E-state index contributed by atoms with van der Waals surface area (Å²) in [6, 6.07) is 4.27. The van der Waals surface area contributed by atoms with Crippen molar-refractivity contribution >= 4 is 39.1 Å². The zero-order valence-electron chi connectivity index (χ0n) is 21.1. The van der Waals surface area contributed by atoms with Crippen molar-refractivity contribution in [3.8, 4) is 22.2 Å². The van der Waals surface area contributed by atoms with Crippen LogP contribution in [0.2, 0.25) is 0 Å². The predicted molar refractivity (Wildman–Crippen MR) is 146 cm³/mol. The van der Waals surface area contributed by atoms with Gasteiger partial charge in [-0.15, -0.1) is 11.3 Å². The van der Waals surface area contributed by atoms with E-state index in [0.717, 1.165) is 0 Å². The van der Waals surface area contributed by atoms with Gasteiger partial charge in [-0.1, -0.05) is 12.7 Å². The maximum atomic E-state index is 15.5. The summed E-state index contributed by atoms with van der Waals surface area (Å²) >= 11 is 1.31. The number of anilines is 2. The van der Waals surface area contributed by atoms with Crippen molar-refractivity contribution in [2.45, 2.75) is 37.2 Å². The van der Waals surface area contributed by atoms with E-state index < -0.39 is 27.3 Å². The normalized spacial score (nSPS) is 21.5. The summed E-state index contributed by atoms with van der Waals surface area (Å²) in [5.41, 5.74) is 0.501. The third-order valence-electron chi connectivity index (χ3n) is 6.36. The summed E-state index contributed by atoms with van der Waals surface area (Å²) in [6.07, 6.45) is 2.56. The molecule has 2 saturated heterocycles. The zero-order valence-corrected chi connectivity index (χ0v) is 22.7. The van der Waals surface area contributed by atoms with Gasteiger partial charge in [0.2, 0.25) is 21.9 Å². The fraction of sp³-hybridized carbons (Fsp3) is 0.400. The van der Waals surface area contributed by atoms with Crippen molar-refractivity contribution in [3.63, 3.8) is 0 Å². The molecule has 0 spiro atoms. The number of aryl methyl sites for hydroxylation is 1. The summed E-state index contributed by atoms with van der Waals surface area (Å²) in [7, 11) is -3.78. The number of hydrogen-bond donors (Lipinski definition) is 3. The van der Waals surface area contributed by atoms with Crippen molar-refractivity contribution in [1.82, 2.24) is 20.3 Å². The Balaban J connectivity index is 1.39. The number of ether oxygens (including phenoxy) is 2. The van der Waals surface area contributed by atoms with Crippen LogP contribution in [0.5, 0.6) is 11.6 Å². The van der Waals surface area contributed by atoms with Gasteiger partial charge in [0.15, 0.2) is 11.6 Å². The average Bonchev–Trinajstić information content (AvgIpc) is 3.57. The number of benzene rings is 1. The van der Waals surface area contributed by atoms with Crippen LogP contribution < -0.4 is 20.1 Å². The lowest BCUT2D eigenvalue weighted by Gasteiger charge is -2.26. The summed E-state index contributed by atoms with van der Waals surface area (Å²) in [5, 5.41) is 6.13. The van der Waals surface area contributed by atoms with Crippen molar-refractivity contribution < 1.29 is 26.7 Å². The number of hydrogen-bond acceptors (Lipinski definition) is 10. The van der Waals surface area contributed by atoms with Crippen molar-refractivity contribution in [2.24, 2.45) is 0 Å². The highest BCUT2D eigenvalue weighted by Crippen LogP contribution is 2.39. The monoisotopic (exact) mass is 578 g/mol. The zero-order chi connectivity index (χ0) is 27.6. The molecule has 0 amide bonds. The molecular formula is C25H28F2N6O4S2. The van der Waals surface area contributed by atoms with E-state index in [1.165, 1.54) is 29.5 Å². The third kappa shape index (κ3) is 6.19. The molecule has 3 atom stereocenters. The smallest absolute Gasteiger partial charge is 0.240 e. The molecule has 208 valence electrons.